The van der Waals surface area contributed by atoms with Crippen molar-refractivity contribution in [1.82, 2.24) is 19.5 Å². The Morgan fingerprint density at radius 2 is 1.87 bits per heavy atom. The van der Waals surface area contributed by atoms with Crippen molar-refractivity contribution < 1.29 is 41.7 Å². The van der Waals surface area contributed by atoms with E-state index in [2.05, 4.69) is 19.5 Å². The van der Waals surface area contributed by atoms with Crippen LogP contribution in [-0.4, -0.2) is 61.3 Å². The normalized spacial score (nSPS) is 25.9. The average molecular weight is 467 g/mol. The zero-order chi connectivity index (χ0) is 21.9. The van der Waals surface area contributed by atoms with Gasteiger partial charge in [-0.25, -0.2) is 24.1 Å². The van der Waals surface area contributed by atoms with Crippen molar-refractivity contribution in [2.45, 2.75) is 38.7 Å². The minimum absolute atomic E-state index is 0.0415. The first-order chi connectivity index (χ1) is 14.2. The smallest absolute Gasteiger partial charge is 0.382 e. The Hall–Kier alpha value is -1.47. The highest BCUT2D eigenvalue weighted by atomic mass is 31.2. The molecule has 0 saturated carbocycles. The van der Waals surface area contributed by atoms with E-state index in [-0.39, 0.29) is 25.5 Å². The number of nitrogen functional groups attached to an aromatic ring is 1. The molecule has 0 radical (unpaired) electrons. The molecule has 1 saturated heterocycles. The number of nitrogens with two attached hydrogens (primary N) is 1. The van der Waals surface area contributed by atoms with Gasteiger partial charge < -0.3 is 20.3 Å². The third kappa shape index (κ3) is 5.41. The molecule has 3 rings (SSSR count). The molecule has 0 bridgehead atoms. The highest BCUT2D eigenvalue weighted by molar-refractivity contribution is 7.47. The number of imidazole rings is 1. The van der Waals surface area contributed by atoms with Crippen molar-refractivity contribution in [3.8, 4) is 0 Å². The zero-order valence-electron chi connectivity index (χ0n) is 16.2. The van der Waals surface area contributed by atoms with E-state index in [9.17, 15) is 18.9 Å². The SMILES string of the molecule is CCOP(=O)(O)OC[C@H]1O[C@@H](n2cnc3c(N)ncnc32)C[C@@H]1OP(=O)(O)OCC. The van der Waals surface area contributed by atoms with E-state index in [1.165, 1.54) is 26.5 Å². The fraction of sp³-hybridized carbons (Fsp3) is 0.643. The number of hydrogen-bond donors (Lipinski definition) is 3. The second-order valence-corrected chi connectivity index (χ2v) is 9.02. The second-order valence-electron chi connectivity index (χ2n) is 6.16. The number of rotatable bonds is 10. The number of fused-ring (bicyclic) bond motifs is 1. The molecule has 1 aliphatic rings. The van der Waals surface area contributed by atoms with E-state index in [4.69, 9.17) is 24.0 Å². The quantitative estimate of drug-likeness (QED) is 0.425. The van der Waals surface area contributed by atoms with Gasteiger partial charge in [0.05, 0.1) is 26.1 Å². The molecule has 2 aromatic rings. The Bertz CT molecular complexity index is 972. The second kappa shape index (κ2) is 9.35. The monoisotopic (exact) mass is 467 g/mol. The number of hydrogen-bond acceptors (Lipinski definition) is 11. The lowest BCUT2D eigenvalue weighted by Gasteiger charge is -2.21. The Labute approximate surface area is 171 Å². The summed E-state index contributed by atoms with van der Waals surface area (Å²) in [5.41, 5.74) is 6.53. The minimum atomic E-state index is -4.38. The summed E-state index contributed by atoms with van der Waals surface area (Å²) in [5, 5.41) is 0. The third-order valence-corrected chi connectivity index (χ3v) is 6.31. The predicted molar refractivity (Wildman–Crippen MR) is 102 cm³/mol. The summed E-state index contributed by atoms with van der Waals surface area (Å²) in [5.74, 6) is 0.179. The summed E-state index contributed by atoms with van der Waals surface area (Å²) in [6.45, 7) is 2.53. The van der Waals surface area contributed by atoms with Crippen LogP contribution in [-0.2, 0) is 32.0 Å². The molecule has 0 aliphatic carbocycles. The number of nitrogens with zero attached hydrogens (tertiary/aromatic N) is 4. The average Bonchev–Trinajstić information content (AvgIpc) is 3.24. The van der Waals surface area contributed by atoms with Gasteiger partial charge in [0.2, 0.25) is 0 Å². The summed E-state index contributed by atoms with van der Waals surface area (Å²) in [7, 11) is -8.70. The van der Waals surface area contributed by atoms with Gasteiger partial charge in [0, 0.05) is 6.42 Å². The molecule has 5 atom stereocenters. The topological polar surface area (TPSA) is 190 Å². The third-order valence-electron chi connectivity index (χ3n) is 4.13. The van der Waals surface area contributed by atoms with Crippen LogP contribution in [0.1, 0.15) is 26.5 Å². The van der Waals surface area contributed by atoms with Crippen molar-refractivity contribution in [1.29, 1.82) is 0 Å². The van der Waals surface area contributed by atoms with Crippen molar-refractivity contribution >= 4 is 32.6 Å². The maximum Gasteiger partial charge on any atom is 0.472 e. The van der Waals surface area contributed by atoms with Crippen LogP contribution in [0.4, 0.5) is 5.82 Å². The van der Waals surface area contributed by atoms with Crippen molar-refractivity contribution in [2.75, 3.05) is 25.6 Å². The van der Waals surface area contributed by atoms with Crippen LogP contribution in [0.2, 0.25) is 0 Å². The largest absolute Gasteiger partial charge is 0.472 e. The summed E-state index contributed by atoms with van der Waals surface area (Å²) in [6.07, 6.45) is 0.0314. The molecule has 0 amide bonds. The van der Waals surface area contributed by atoms with Crippen LogP contribution >= 0.6 is 15.6 Å². The number of phosphoric ester groups is 2. The molecule has 4 N–H and O–H groups in total. The first kappa shape index (κ1) is 23.2. The van der Waals surface area contributed by atoms with Crippen molar-refractivity contribution in [3.63, 3.8) is 0 Å². The first-order valence-corrected chi connectivity index (χ1v) is 12.0. The van der Waals surface area contributed by atoms with E-state index in [0.29, 0.717) is 11.2 Å². The van der Waals surface area contributed by atoms with Crippen molar-refractivity contribution in [2.24, 2.45) is 0 Å². The number of aromatic nitrogens is 4. The van der Waals surface area contributed by atoms with Gasteiger partial charge in [-0.2, -0.15) is 0 Å². The van der Waals surface area contributed by atoms with Gasteiger partial charge in [-0.05, 0) is 13.8 Å². The van der Waals surface area contributed by atoms with Crippen LogP contribution in [0.5, 0.6) is 0 Å². The first-order valence-electron chi connectivity index (χ1n) is 9.01. The Kier molecular flexibility index (Phi) is 7.23. The molecule has 30 heavy (non-hydrogen) atoms. The van der Waals surface area contributed by atoms with Crippen LogP contribution < -0.4 is 5.73 Å². The molecule has 14 nitrogen and oxygen atoms in total. The van der Waals surface area contributed by atoms with Crippen LogP contribution in [0.15, 0.2) is 12.7 Å². The Morgan fingerprint density at radius 3 is 2.57 bits per heavy atom. The number of phosphoric acid groups is 2. The molecule has 1 fully saturated rings. The fourth-order valence-electron chi connectivity index (χ4n) is 2.95. The fourth-order valence-corrected chi connectivity index (χ4v) is 4.63. The maximum absolute atomic E-state index is 12.1. The summed E-state index contributed by atoms with van der Waals surface area (Å²) in [4.78, 5) is 31.7. The van der Waals surface area contributed by atoms with Gasteiger partial charge in [0.25, 0.3) is 0 Å². The van der Waals surface area contributed by atoms with Crippen LogP contribution in [0, 0.1) is 0 Å². The molecule has 168 valence electrons. The van der Waals surface area contributed by atoms with Gasteiger partial charge in [-0.1, -0.05) is 0 Å². The van der Waals surface area contributed by atoms with E-state index in [0.717, 1.165) is 0 Å². The maximum atomic E-state index is 12.1. The minimum Gasteiger partial charge on any atom is -0.382 e. The van der Waals surface area contributed by atoms with Gasteiger partial charge in [0.1, 0.15) is 30.3 Å². The molecule has 3 heterocycles. The molecule has 2 aromatic heterocycles. The molecule has 1 aliphatic heterocycles. The molecular weight excluding hydrogens is 444 g/mol. The van der Waals surface area contributed by atoms with Gasteiger partial charge in [0.15, 0.2) is 11.5 Å². The Morgan fingerprint density at radius 1 is 1.17 bits per heavy atom. The summed E-state index contributed by atoms with van der Waals surface area (Å²) < 4.78 is 50.9. The van der Waals surface area contributed by atoms with Crippen LogP contribution in [0.25, 0.3) is 11.2 Å². The van der Waals surface area contributed by atoms with Crippen molar-refractivity contribution in [3.05, 3.63) is 12.7 Å². The van der Waals surface area contributed by atoms with E-state index in [1.807, 2.05) is 0 Å². The zero-order valence-corrected chi connectivity index (χ0v) is 18.0. The molecule has 16 heteroatoms. The molecular formula is C14H23N5O9P2. The summed E-state index contributed by atoms with van der Waals surface area (Å²) >= 11 is 0. The standard InChI is InChI=1S/C14H23N5O9P2/c1-3-24-29(20,21)26-6-10-9(28-30(22,23)25-4-2)5-11(27-10)19-8-18-12-13(15)16-7-17-14(12)19/h7-11H,3-6H2,1-2H3,(H,20,21)(H,22,23)(H2,15,16,17)/t9-,10+,11+/m0/s1. The highest BCUT2D eigenvalue weighted by Crippen LogP contribution is 2.49. The van der Waals surface area contributed by atoms with E-state index >= 15 is 0 Å². The Balaban J connectivity index is 1.82. The number of ether oxygens (including phenoxy) is 1. The van der Waals surface area contributed by atoms with E-state index in [1.54, 1.807) is 4.57 Å². The van der Waals surface area contributed by atoms with Gasteiger partial charge in [-0.3, -0.25) is 22.7 Å². The number of anilines is 1. The molecule has 0 spiro atoms. The van der Waals surface area contributed by atoms with Gasteiger partial charge >= 0.3 is 15.6 Å². The lowest BCUT2D eigenvalue weighted by atomic mass is 10.2. The molecule has 0 aromatic carbocycles. The lowest BCUT2D eigenvalue weighted by Crippen LogP contribution is -2.28. The predicted octanol–water partition coefficient (Wildman–Crippen LogP) is 1.37. The summed E-state index contributed by atoms with van der Waals surface area (Å²) in [6, 6.07) is 0. The lowest BCUT2D eigenvalue weighted by molar-refractivity contribution is -0.0440. The van der Waals surface area contributed by atoms with Crippen LogP contribution in [0.3, 0.4) is 0 Å². The van der Waals surface area contributed by atoms with E-state index < -0.39 is 40.7 Å². The molecule has 2 unspecified atom stereocenters. The van der Waals surface area contributed by atoms with Gasteiger partial charge in [-0.15, -0.1) is 0 Å². The highest BCUT2D eigenvalue weighted by Gasteiger charge is 2.43.